The first-order valence-electron chi connectivity index (χ1n) is 7.27. The Morgan fingerprint density at radius 1 is 1.40 bits per heavy atom. The number of carbonyl (C=O) groups is 1. The van der Waals surface area contributed by atoms with E-state index in [1.165, 1.54) is 12.3 Å². The van der Waals surface area contributed by atoms with Crippen LogP contribution in [0.25, 0.3) is 0 Å². The molecule has 1 amide bonds. The van der Waals surface area contributed by atoms with Crippen LogP contribution in [0.2, 0.25) is 5.02 Å². The van der Waals surface area contributed by atoms with Crippen LogP contribution >= 0.6 is 11.6 Å². The van der Waals surface area contributed by atoms with Gasteiger partial charge in [-0.25, -0.2) is 14.9 Å². The first kappa shape index (κ1) is 18.7. The molecule has 0 saturated heterocycles. The Balaban J connectivity index is 1.93. The summed E-state index contributed by atoms with van der Waals surface area (Å²) in [5, 5.41) is 0.179. The number of hydroxylamine groups is 1. The maximum atomic E-state index is 13.6. The molecule has 2 aromatic rings. The van der Waals surface area contributed by atoms with Crippen LogP contribution in [-0.2, 0) is 9.63 Å². The van der Waals surface area contributed by atoms with Gasteiger partial charge in [0.2, 0.25) is 0 Å². The number of nitrogens with zero attached hydrogens (tertiary/aromatic N) is 1. The third kappa shape index (κ3) is 5.74. The minimum Gasteiger partial charge on any atom is -0.481 e. The molecule has 0 bridgehead atoms. The number of halogens is 2. The standard InChI is InChI=1S/C17H16ClFN2O4/c1-3-8-23-21-16(22)11(2)24-13-4-6-14(7-5-13)25-17-15(19)9-12(18)10-20-17/h3-7,9-11H,1,8H2,2H3,(H,21,22)/t11-/m1/s1. The van der Waals surface area contributed by atoms with Crippen molar-refractivity contribution in [2.45, 2.75) is 13.0 Å². The van der Waals surface area contributed by atoms with Gasteiger partial charge in [-0.2, -0.15) is 0 Å². The minimum atomic E-state index is -0.771. The van der Waals surface area contributed by atoms with Crippen molar-refractivity contribution in [1.29, 1.82) is 0 Å². The summed E-state index contributed by atoms with van der Waals surface area (Å²) in [5.74, 6) is -0.506. The van der Waals surface area contributed by atoms with Crippen molar-refractivity contribution in [3.8, 4) is 17.4 Å². The van der Waals surface area contributed by atoms with E-state index in [9.17, 15) is 9.18 Å². The molecule has 0 radical (unpaired) electrons. The van der Waals surface area contributed by atoms with Gasteiger partial charge in [0.15, 0.2) is 11.9 Å². The van der Waals surface area contributed by atoms with Crippen LogP contribution in [-0.4, -0.2) is 23.6 Å². The van der Waals surface area contributed by atoms with Crippen molar-refractivity contribution in [2.75, 3.05) is 6.61 Å². The molecular weight excluding hydrogens is 351 g/mol. The van der Waals surface area contributed by atoms with Gasteiger partial charge < -0.3 is 9.47 Å². The highest BCUT2D eigenvalue weighted by Crippen LogP contribution is 2.26. The second-order valence-corrected chi connectivity index (χ2v) is 5.28. The molecule has 0 aliphatic heterocycles. The zero-order valence-electron chi connectivity index (χ0n) is 13.4. The molecule has 1 heterocycles. The molecule has 0 saturated carbocycles. The predicted molar refractivity (Wildman–Crippen MR) is 90.1 cm³/mol. The van der Waals surface area contributed by atoms with Crippen molar-refractivity contribution in [1.82, 2.24) is 10.5 Å². The lowest BCUT2D eigenvalue weighted by atomic mass is 10.3. The molecule has 0 fully saturated rings. The lowest BCUT2D eigenvalue weighted by Crippen LogP contribution is -2.36. The molecule has 25 heavy (non-hydrogen) atoms. The van der Waals surface area contributed by atoms with Crippen LogP contribution in [0.5, 0.6) is 17.4 Å². The normalized spacial score (nSPS) is 11.5. The van der Waals surface area contributed by atoms with Crippen molar-refractivity contribution in [2.24, 2.45) is 0 Å². The first-order chi connectivity index (χ1) is 12.0. The van der Waals surface area contributed by atoms with E-state index in [1.807, 2.05) is 0 Å². The SMILES string of the molecule is C=CCONC(=O)[C@@H](C)Oc1ccc(Oc2ncc(Cl)cc2F)cc1. The number of pyridine rings is 1. The second-order valence-electron chi connectivity index (χ2n) is 4.84. The summed E-state index contributed by atoms with van der Waals surface area (Å²) in [7, 11) is 0. The highest BCUT2D eigenvalue weighted by Gasteiger charge is 2.15. The Morgan fingerprint density at radius 2 is 2.08 bits per heavy atom. The van der Waals surface area contributed by atoms with Gasteiger partial charge in [-0.15, -0.1) is 6.58 Å². The van der Waals surface area contributed by atoms with Gasteiger partial charge in [0.05, 0.1) is 11.6 Å². The van der Waals surface area contributed by atoms with Crippen LogP contribution in [0, 0.1) is 5.82 Å². The van der Waals surface area contributed by atoms with Crippen molar-refractivity contribution >= 4 is 17.5 Å². The minimum absolute atomic E-state index is 0.179. The Morgan fingerprint density at radius 3 is 2.72 bits per heavy atom. The van der Waals surface area contributed by atoms with Crippen LogP contribution in [0.4, 0.5) is 4.39 Å². The van der Waals surface area contributed by atoms with Crippen LogP contribution in [0.3, 0.4) is 0 Å². The smallest absolute Gasteiger partial charge is 0.284 e. The number of amides is 1. The fourth-order valence-electron chi connectivity index (χ4n) is 1.69. The molecule has 0 unspecified atom stereocenters. The predicted octanol–water partition coefficient (Wildman–Crippen LogP) is 3.67. The van der Waals surface area contributed by atoms with Gasteiger partial charge in [-0.3, -0.25) is 9.63 Å². The highest BCUT2D eigenvalue weighted by molar-refractivity contribution is 6.30. The largest absolute Gasteiger partial charge is 0.481 e. The van der Waals surface area contributed by atoms with E-state index in [2.05, 4.69) is 17.0 Å². The third-order valence-corrected chi connectivity index (χ3v) is 3.08. The molecule has 0 aliphatic carbocycles. The van der Waals surface area contributed by atoms with E-state index >= 15 is 0 Å². The molecule has 1 N–H and O–H groups in total. The Kier molecular flexibility index (Phi) is 6.73. The van der Waals surface area contributed by atoms with E-state index in [0.717, 1.165) is 6.07 Å². The zero-order chi connectivity index (χ0) is 18.2. The Labute approximate surface area is 149 Å². The summed E-state index contributed by atoms with van der Waals surface area (Å²) in [4.78, 5) is 20.3. The van der Waals surface area contributed by atoms with Gasteiger partial charge in [-0.1, -0.05) is 17.7 Å². The van der Waals surface area contributed by atoms with E-state index in [-0.39, 0.29) is 17.5 Å². The van der Waals surface area contributed by atoms with Crippen LogP contribution in [0.15, 0.2) is 49.2 Å². The molecule has 1 aromatic carbocycles. The maximum absolute atomic E-state index is 13.6. The highest BCUT2D eigenvalue weighted by atomic mass is 35.5. The number of nitrogens with one attached hydrogen (secondary N) is 1. The number of aromatic nitrogens is 1. The topological polar surface area (TPSA) is 69.7 Å². The van der Waals surface area contributed by atoms with E-state index in [0.29, 0.717) is 11.5 Å². The zero-order valence-corrected chi connectivity index (χ0v) is 14.1. The van der Waals surface area contributed by atoms with E-state index < -0.39 is 17.8 Å². The lowest BCUT2D eigenvalue weighted by molar-refractivity contribution is -0.139. The molecule has 0 aliphatic rings. The number of hydrogen-bond donors (Lipinski definition) is 1. The van der Waals surface area contributed by atoms with Crippen LogP contribution in [0.1, 0.15) is 6.92 Å². The number of benzene rings is 1. The molecule has 1 atom stereocenters. The molecule has 2 rings (SSSR count). The molecule has 8 heteroatoms. The summed E-state index contributed by atoms with van der Waals surface area (Å²) >= 11 is 5.63. The van der Waals surface area contributed by atoms with E-state index in [1.54, 1.807) is 31.2 Å². The molecule has 6 nitrogen and oxygen atoms in total. The van der Waals surface area contributed by atoms with Gasteiger partial charge in [0, 0.05) is 6.20 Å². The summed E-state index contributed by atoms with van der Waals surface area (Å²) < 4.78 is 24.4. The second kappa shape index (κ2) is 9.00. The molecule has 1 aromatic heterocycles. The van der Waals surface area contributed by atoms with Crippen molar-refractivity contribution in [3.63, 3.8) is 0 Å². The fourth-order valence-corrected chi connectivity index (χ4v) is 1.83. The number of rotatable bonds is 8. The number of ether oxygens (including phenoxy) is 2. The fraction of sp³-hybridized carbons (Fsp3) is 0.176. The quantitative estimate of drug-likeness (QED) is 0.438. The maximum Gasteiger partial charge on any atom is 0.284 e. The van der Waals surface area contributed by atoms with Crippen molar-refractivity contribution in [3.05, 3.63) is 60.0 Å². The number of carbonyl (C=O) groups excluding carboxylic acids is 1. The Bertz CT molecular complexity index is 740. The van der Waals surface area contributed by atoms with Crippen molar-refractivity contribution < 1.29 is 23.5 Å². The molecular formula is C17H16ClFN2O4. The monoisotopic (exact) mass is 366 g/mol. The van der Waals surface area contributed by atoms with Crippen LogP contribution < -0.4 is 15.0 Å². The average molecular weight is 367 g/mol. The summed E-state index contributed by atoms with van der Waals surface area (Å²) in [6, 6.07) is 7.39. The average Bonchev–Trinajstić information content (AvgIpc) is 2.59. The Hall–Kier alpha value is -2.64. The van der Waals surface area contributed by atoms with Gasteiger partial charge in [-0.05, 0) is 37.3 Å². The summed E-state index contributed by atoms with van der Waals surface area (Å²) in [5.41, 5.74) is 2.24. The summed E-state index contributed by atoms with van der Waals surface area (Å²) in [6.45, 7) is 5.23. The van der Waals surface area contributed by atoms with Gasteiger partial charge in [0.1, 0.15) is 11.5 Å². The molecule has 132 valence electrons. The third-order valence-electron chi connectivity index (χ3n) is 2.87. The van der Waals surface area contributed by atoms with Gasteiger partial charge in [0.25, 0.3) is 11.8 Å². The van der Waals surface area contributed by atoms with E-state index in [4.69, 9.17) is 25.9 Å². The molecule has 0 spiro atoms. The lowest BCUT2D eigenvalue weighted by Gasteiger charge is -2.14. The first-order valence-corrected chi connectivity index (χ1v) is 7.65. The summed E-state index contributed by atoms with van der Waals surface area (Å²) in [6.07, 6.45) is 2.02. The number of hydrogen-bond acceptors (Lipinski definition) is 5. The van der Waals surface area contributed by atoms with Gasteiger partial charge >= 0.3 is 0 Å².